The normalized spacial score (nSPS) is 14.6. The second kappa shape index (κ2) is 6.64. The minimum atomic E-state index is 0.787. The van der Waals surface area contributed by atoms with E-state index in [1.54, 1.807) is 11.3 Å². The fraction of sp³-hybridized carbons (Fsp3) is 0.0769. The summed E-state index contributed by atoms with van der Waals surface area (Å²) >= 11 is 1.58. The first-order chi connectivity index (χ1) is 14.3. The number of benzene rings is 3. The summed E-state index contributed by atoms with van der Waals surface area (Å²) in [6.45, 7) is 0. The van der Waals surface area contributed by atoms with Gasteiger partial charge in [-0.15, -0.1) is 11.3 Å². The Bertz CT molecular complexity index is 1340. The van der Waals surface area contributed by atoms with E-state index >= 15 is 0 Å². The number of aliphatic imine (C=N–C) groups is 1. The maximum absolute atomic E-state index is 4.67. The first-order valence-corrected chi connectivity index (χ1v) is 10.7. The molecule has 2 aliphatic carbocycles. The number of thiazole rings is 1. The summed E-state index contributed by atoms with van der Waals surface area (Å²) in [5.74, 6) is 0. The molecule has 2 nitrogen and oxygen atoms in total. The SMILES string of the molecule is C1=Cc2ccc3cc(C=Nc4nc(-c5ccccc5)cs4)cc4c3c2C(=CC4)C1. The third-order valence-corrected chi connectivity index (χ3v) is 6.41. The lowest BCUT2D eigenvalue weighted by Gasteiger charge is -2.23. The van der Waals surface area contributed by atoms with Gasteiger partial charge in [0.15, 0.2) is 0 Å². The van der Waals surface area contributed by atoms with Crippen molar-refractivity contribution < 1.29 is 0 Å². The molecule has 0 atom stereocenters. The van der Waals surface area contributed by atoms with E-state index in [0.29, 0.717) is 0 Å². The zero-order valence-corrected chi connectivity index (χ0v) is 16.6. The van der Waals surface area contributed by atoms with Crippen molar-refractivity contribution in [3.63, 3.8) is 0 Å². The van der Waals surface area contributed by atoms with Crippen LogP contribution in [0.1, 0.15) is 28.7 Å². The molecule has 0 amide bonds. The average molecular weight is 391 g/mol. The number of aromatic nitrogens is 1. The Labute approximate surface area is 173 Å². The molecule has 0 unspecified atom stereocenters. The summed E-state index contributed by atoms with van der Waals surface area (Å²) in [5, 5.41) is 5.57. The fourth-order valence-corrected chi connectivity index (χ4v) is 5.01. The monoisotopic (exact) mass is 390 g/mol. The van der Waals surface area contributed by atoms with Gasteiger partial charge in [0, 0.05) is 17.2 Å². The molecule has 0 saturated heterocycles. The van der Waals surface area contributed by atoms with E-state index < -0.39 is 0 Å². The topological polar surface area (TPSA) is 25.2 Å². The van der Waals surface area contributed by atoms with Gasteiger partial charge in [0.05, 0.1) is 5.69 Å². The van der Waals surface area contributed by atoms with Crippen LogP contribution in [0.3, 0.4) is 0 Å². The van der Waals surface area contributed by atoms with E-state index in [1.165, 1.54) is 33.0 Å². The first-order valence-electron chi connectivity index (χ1n) is 9.86. The van der Waals surface area contributed by atoms with Gasteiger partial charge in [-0.1, -0.05) is 60.7 Å². The molecule has 1 heterocycles. The van der Waals surface area contributed by atoms with Crippen molar-refractivity contribution in [2.45, 2.75) is 12.8 Å². The molecule has 6 rings (SSSR count). The summed E-state index contributed by atoms with van der Waals surface area (Å²) < 4.78 is 0. The van der Waals surface area contributed by atoms with Gasteiger partial charge < -0.3 is 0 Å². The van der Waals surface area contributed by atoms with Crippen molar-refractivity contribution in [2.24, 2.45) is 4.99 Å². The van der Waals surface area contributed by atoms with E-state index in [2.05, 4.69) is 70.0 Å². The highest BCUT2D eigenvalue weighted by atomic mass is 32.1. The van der Waals surface area contributed by atoms with E-state index in [9.17, 15) is 0 Å². The molecule has 0 saturated carbocycles. The molecule has 138 valence electrons. The van der Waals surface area contributed by atoms with Gasteiger partial charge in [-0.25, -0.2) is 9.98 Å². The van der Waals surface area contributed by atoms with Gasteiger partial charge in [-0.2, -0.15) is 0 Å². The lowest BCUT2D eigenvalue weighted by atomic mass is 9.81. The molecule has 0 aliphatic heterocycles. The highest BCUT2D eigenvalue weighted by Crippen LogP contribution is 2.40. The van der Waals surface area contributed by atoms with Crippen molar-refractivity contribution in [3.05, 3.63) is 94.4 Å². The van der Waals surface area contributed by atoms with E-state index in [-0.39, 0.29) is 0 Å². The van der Waals surface area contributed by atoms with E-state index in [0.717, 1.165) is 34.8 Å². The van der Waals surface area contributed by atoms with Crippen LogP contribution in [0, 0.1) is 0 Å². The lowest BCUT2D eigenvalue weighted by Crippen LogP contribution is -2.03. The molecule has 2 aliphatic rings. The van der Waals surface area contributed by atoms with E-state index in [4.69, 9.17) is 0 Å². The van der Waals surface area contributed by atoms with Crippen LogP contribution in [0.2, 0.25) is 0 Å². The molecule has 4 aromatic rings. The minimum absolute atomic E-state index is 0.787. The van der Waals surface area contributed by atoms with Gasteiger partial charge in [0.1, 0.15) is 0 Å². The Kier molecular flexibility index (Phi) is 3.81. The maximum Gasteiger partial charge on any atom is 0.209 e. The van der Waals surface area contributed by atoms with Crippen molar-refractivity contribution in [1.82, 2.24) is 4.98 Å². The van der Waals surface area contributed by atoms with Crippen molar-refractivity contribution in [3.8, 4) is 11.3 Å². The Morgan fingerprint density at radius 1 is 1.00 bits per heavy atom. The number of nitrogens with zero attached hydrogens (tertiary/aromatic N) is 2. The van der Waals surface area contributed by atoms with Crippen LogP contribution in [0.15, 0.2) is 77.1 Å². The summed E-state index contributed by atoms with van der Waals surface area (Å²) in [6.07, 6.45) is 10.9. The third kappa shape index (κ3) is 2.86. The van der Waals surface area contributed by atoms with Crippen LogP contribution >= 0.6 is 11.3 Å². The summed E-state index contributed by atoms with van der Waals surface area (Å²) in [6, 6.07) is 19.3. The largest absolute Gasteiger partial charge is 0.227 e. The number of rotatable bonds is 3. The van der Waals surface area contributed by atoms with Gasteiger partial charge in [-0.3, -0.25) is 0 Å². The fourth-order valence-electron chi connectivity index (χ4n) is 4.34. The second-order valence-electron chi connectivity index (χ2n) is 7.49. The Morgan fingerprint density at radius 3 is 2.86 bits per heavy atom. The predicted octanol–water partition coefficient (Wildman–Crippen LogP) is 7.07. The summed E-state index contributed by atoms with van der Waals surface area (Å²) in [5.41, 5.74) is 8.88. The van der Waals surface area contributed by atoms with E-state index in [1.807, 2.05) is 24.4 Å². The molecule has 0 bridgehead atoms. The van der Waals surface area contributed by atoms with Crippen LogP contribution in [-0.4, -0.2) is 11.2 Å². The number of allylic oxidation sites excluding steroid dienone is 3. The van der Waals surface area contributed by atoms with Crippen LogP contribution in [0.5, 0.6) is 0 Å². The quantitative estimate of drug-likeness (QED) is 0.343. The zero-order chi connectivity index (χ0) is 19.2. The average Bonchev–Trinajstić information content (AvgIpc) is 3.26. The minimum Gasteiger partial charge on any atom is -0.227 e. The maximum atomic E-state index is 4.67. The van der Waals surface area contributed by atoms with Crippen LogP contribution < -0.4 is 0 Å². The Balaban J connectivity index is 1.37. The standard InChI is InChI=1S/C26H18N2S/c1-2-5-18(6-3-1)23-16-29-26(28-23)27-15-17-13-21-11-9-19-7-4-8-20-10-12-22(14-17)25(21)24(19)20/h1-7,9-11,13-16H,8,12H2. The zero-order valence-electron chi connectivity index (χ0n) is 15.8. The molecule has 0 radical (unpaired) electrons. The molecule has 3 aromatic carbocycles. The predicted molar refractivity (Wildman–Crippen MR) is 124 cm³/mol. The molecule has 0 fully saturated rings. The van der Waals surface area contributed by atoms with Gasteiger partial charge in [0.25, 0.3) is 0 Å². The number of hydrogen-bond acceptors (Lipinski definition) is 3. The first kappa shape index (κ1) is 16.6. The highest BCUT2D eigenvalue weighted by molar-refractivity contribution is 7.13. The smallest absolute Gasteiger partial charge is 0.209 e. The van der Waals surface area contributed by atoms with Crippen molar-refractivity contribution >= 4 is 45.1 Å². The lowest BCUT2D eigenvalue weighted by molar-refractivity contribution is 1.23. The van der Waals surface area contributed by atoms with Gasteiger partial charge in [0.2, 0.25) is 5.13 Å². The third-order valence-electron chi connectivity index (χ3n) is 5.66. The molecule has 0 N–H and O–H groups in total. The van der Waals surface area contributed by atoms with Gasteiger partial charge in [-0.05, 0) is 63.6 Å². The Morgan fingerprint density at radius 2 is 1.93 bits per heavy atom. The molecular weight excluding hydrogens is 372 g/mol. The molecular formula is C26H18N2S. The molecule has 0 spiro atoms. The second-order valence-corrected chi connectivity index (χ2v) is 8.32. The highest BCUT2D eigenvalue weighted by Gasteiger charge is 2.19. The Hall–Kier alpha value is -3.30. The van der Waals surface area contributed by atoms with Crippen molar-refractivity contribution in [1.29, 1.82) is 0 Å². The summed E-state index contributed by atoms with van der Waals surface area (Å²) in [4.78, 5) is 9.33. The summed E-state index contributed by atoms with van der Waals surface area (Å²) in [7, 11) is 0. The van der Waals surface area contributed by atoms with Crippen LogP contribution in [-0.2, 0) is 6.42 Å². The van der Waals surface area contributed by atoms with Crippen molar-refractivity contribution in [2.75, 3.05) is 0 Å². The molecule has 3 heteroatoms. The van der Waals surface area contributed by atoms with Crippen LogP contribution in [0.4, 0.5) is 5.13 Å². The van der Waals surface area contributed by atoms with Gasteiger partial charge >= 0.3 is 0 Å². The molecule has 1 aromatic heterocycles. The van der Waals surface area contributed by atoms with Crippen LogP contribution in [0.25, 0.3) is 33.7 Å². The number of hydrogen-bond donors (Lipinski definition) is 0. The molecule has 29 heavy (non-hydrogen) atoms.